The summed E-state index contributed by atoms with van der Waals surface area (Å²) in [6.07, 6.45) is 2.00. The Kier molecular flexibility index (Phi) is 4.69. The third kappa shape index (κ3) is 3.20. The van der Waals surface area contributed by atoms with E-state index >= 15 is 0 Å². The zero-order valence-corrected chi connectivity index (χ0v) is 7.89. The number of rotatable bonds is 4. The van der Waals surface area contributed by atoms with Crippen molar-refractivity contribution < 1.29 is 9.90 Å². The van der Waals surface area contributed by atoms with E-state index in [2.05, 4.69) is 22.9 Å². The van der Waals surface area contributed by atoms with Gasteiger partial charge in [0.25, 0.3) is 0 Å². The second kappa shape index (κ2) is 4.72. The molecule has 0 aromatic heterocycles. The number of carbonyl (C=O) groups is 1. The Morgan fingerprint density at radius 3 is 2.50 bits per heavy atom. The fourth-order valence-corrected chi connectivity index (χ4v) is 1.11. The van der Waals surface area contributed by atoms with Crippen LogP contribution in [0.2, 0.25) is 0 Å². The van der Waals surface area contributed by atoms with E-state index in [4.69, 9.17) is 5.11 Å². The number of aliphatic carboxylic acids is 1. The van der Waals surface area contributed by atoms with Gasteiger partial charge in [0, 0.05) is 0 Å². The second-order valence-electron chi connectivity index (χ2n) is 2.51. The molecular formula is C7H13BrO2. The molecule has 0 aliphatic heterocycles. The van der Waals surface area contributed by atoms with Crippen molar-refractivity contribution in [1.29, 1.82) is 0 Å². The Morgan fingerprint density at radius 2 is 2.20 bits per heavy atom. The van der Waals surface area contributed by atoms with Crippen molar-refractivity contribution in [3.63, 3.8) is 0 Å². The second-order valence-corrected chi connectivity index (χ2v) is 3.49. The molecule has 2 unspecified atom stereocenters. The molecule has 0 spiro atoms. The molecule has 0 radical (unpaired) electrons. The van der Waals surface area contributed by atoms with E-state index in [1.165, 1.54) is 0 Å². The quantitative estimate of drug-likeness (QED) is 0.721. The minimum atomic E-state index is -0.763. The Morgan fingerprint density at radius 1 is 1.70 bits per heavy atom. The molecule has 0 aliphatic rings. The molecule has 0 bridgehead atoms. The van der Waals surface area contributed by atoms with Gasteiger partial charge in [0.05, 0.1) is 0 Å². The summed E-state index contributed by atoms with van der Waals surface area (Å²) in [5.74, 6) is -0.538. The maximum absolute atomic E-state index is 10.4. The lowest BCUT2D eigenvalue weighted by atomic mass is 10.0. The minimum Gasteiger partial charge on any atom is -0.480 e. The molecule has 2 atom stereocenters. The predicted molar refractivity (Wildman–Crippen MR) is 44.4 cm³/mol. The number of carboxylic acids is 1. The molecule has 0 saturated carbocycles. The largest absolute Gasteiger partial charge is 0.480 e. The van der Waals surface area contributed by atoms with E-state index in [-0.39, 0.29) is 10.7 Å². The fraction of sp³-hybridized carbons (Fsp3) is 0.857. The zero-order valence-electron chi connectivity index (χ0n) is 6.30. The van der Waals surface area contributed by atoms with Crippen LogP contribution in [-0.4, -0.2) is 15.9 Å². The number of alkyl halides is 1. The van der Waals surface area contributed by atoms with Crippen LogP contribution in [0.3, 0.4) is 0 Å². The Labute approximate surface area is 69.8 Å². The Bertz CT molecular complexity index is 114. The third-order valence-electron chi connectivity index (χ3n) is 1.48. The van der Waals surface area contributed by atoms with Gasteiger partial charge in [-0.2, -0.15) is 0 Å². The normalized spacial score (nSPS) is 16.3. The summed E-state index contributed by atoms with van der Waals surface area (Å²) < 4.78 is 0. The SMILES string of the molecule is CCCC(C)C(Br)C(=O)O. The van der Waals surface area contributed by atoms with Crippen molar-refractivity contribution in [3.05, 3.63) is 0 Å². The molecule has 2 nitrogen and oxygen atoms in total. The summed E-state index contributed by atoms with van der Waals surface area (Å²) >= 11 is 3.11. The fourth-order valence-electron chi connectivity index (χ4n) is 0.845. The lowest BCUT2D eigenvalue weighted by Crippen LogP contribution is -2.20. The van der Waals surface area contributed by atoms with Crippen LogP contribution in [-0.2, 0) is 4.79 Å². The van der Waals surface area contributed by atoms with E-state index in [1.54, 1.807) is 0 Å². The molecule has 0 heterocycles. The van der Waals surface area contributed by atoms with Crippen LogP contribution >= 0.6 is 15.9 Å². The molecule has 0 amide bonds. The van der Waals surface area contributed by atoms with Crippen LogP contribution in [0.25, 0.3) is 0 Å². The zero-order chi connectivity index (χ0) is 8.15. The monoisotopic (exact) mass is 208 g/mol. The van der Waals surface area contributed by atoms with Crippen LogP contribution in [0, 0.1) is 5.92 Å². The first kappa shape index (κ1) is 9.95. The average molecular weight is 209 g/mol. The molecule has 1 N–H and O–H groups in total. The summed E-state index contributed by atoms with van der Waals surface area (Å²) in [7, 11) is 0. The summed E-state index contributed by atoms with van der Waals surface area (Å²) in [5, 5.41) is 8.53. The molecule has 0 aromatic carbocycles. The summed E-state index contributed by atoms with van der Waals surface area (Å²) in [5.41, 5.74) is 0. The highest BCUT2D eigenvalue weighted by Crippen LogP contribution is 2.17. The summed E-state index contributed by atoms with van der Waals surface area (Å²) in [6, 6.07) is 0. The van der Waals surface area contributed by atoms with Crippen LogP contribution in [0.5, 0.6) is 0 Å². The van der Waals surface area contributed by atoms with Crippen molar-refractivity contribution in [2.75, 3.05) is 0 Å². The van der Waals surface area contributed by atoms with Gasteiger partial charge in [-0.1, -0.05) is 36.2 Å². The molecule has 0 rings (SSSR count). The topological polar surface area (TPSA) is 37.3 Å². The molecule has 0 fully saturated rings. The third-order valence-corrected chi connectivity index (χ3v) is 2.77. The molecule has 3 heteroatoms. The van der Waals surface area contributed by atoms with Gasteiger partial charge < -0.3 is 5.11 Å². The molecule has 0 aliphatic carbocycles. The lowest BCUT2D eigenvalue weighted by Gasteiger charge is -2.12. The first-order valence-corrected chi connectivity index (χ1v) is 4.38. The van der Waals surface area contributed by atoms with E-state index in [1.807, 2.05) is 6.92 Å². The Balaban J connectivity index is 3.69. The van der Waals surface area contributed by atoms with Crippen LogP contribution in [0.15, 0.2) is 0 Å². The van der Waals surface area contributed by atoms with Gasteiger partial charge in [0.15, 0.2) is 0 Å². The maximum atomic E-state index is 10.4. The van der Waals surface area contributed by atoms with Gasteiger partial charge in [-0.15, -0.1) is 0 Å². The average Bonchev–Trinajstić information content (AvgIpc) is 1.87. The number of carboxylic acid groups (broad SMARTS) is 1. The van der Waals surface area contributed by atoms with Crippen LogP contribution < -0.4 is 0 Å². The van der Waals surface area contributed by atoms with Crippen molar-refractivity contribution in [1.82, 2.24) is 0 Å². The highest BCUT2D eigenvalue weighted by Gasteiger charge is 2.19. The van der Waals surface area contributed by atoms with Gasteiger partial charge in [-0.25, -0.2) is 0 Å². The van der Waals surface area contributed by atoms with Gasteiger partial charge in [-0.05, 0) is 12.3 Å². The van der Waals surface area contributed by atoms with Crippen LogP contribution in [0.4, 0.5) is 0 Å². The van der Waals surface area contributed by atoms with Crippen molar-refractivity contribution in [2.45, 2.75) is 31.5 Å². The van der Waals surface area contributed by atoms with E-state index in [9.17, 15) is 4.79 Å². The van der Waals surface area contributed by atoms with Crippen molar-refractivity contribution in [3.8, 4) is 0 Å². The highest BCUT2D eigenvalue weighted by molar-refractivity contribution is 9.10. The smallest absolute Gasteiger partial charge is 0.317 e. The minimum absolute atomic E-state index is 0.225. The first-order valence-electron chi connectivity index (χ1n) is 3.46. The lowest BCUT2D eigenvalue weighted by molar-refractivity contribution is -0.137. The maximum Gasteiger partial charge on any atom is 0.317 e. The molecule has 10 heavy (non-hydrogen) atoms. The molecule has 0 aromatic rings. The van der Waals surface area contributed by atoms with E-state index in [0.717, 1.165) is 12.8 Å². The van der Waals surface area contributed by atoms with Gasteiger partial charge >= 0.3 is 5.97 Å². The first-order chi connectivity index (χ1) is 4.59. The highest BCUT2D eigenvalue weighted by atomic mass is 79.9. The summed E-state index contributed by atoms with van der Waals surface area (Å²) in [4.78, 5) is 9.99. The predicted octanol–water partition coefficient (Wildman–Crippen LogP) is 2.27. The number of hydrogen-bond donors (Lipinski definition) is 1. The van der Waals surface area contributed by atoms with Crippen LogP contribution in [0.1, 0.15) is 26.7 Å². The van der Waals surface area contributed by atoms with E-state index < -0.39 is 5.97 Å². The number of hydrogen-bond acceptors (Lipinski definition) is 1. The number of halogens is 1. The summed E-state index contributed by atoms with van der Waals surface area (Å²) in [6.45, 7) is 4.00. The molecule has 60 valence electrons. The molecule has 0 saturated heterocycles. The van der Waals surface area contributed by atoms with E-state index in [0.29, 0.717) is 0 Å². The Hall–Kier alpha value is -0.0500. The van der Waals surface area contributed by atoms with Gasteiger partial charge in [0.1, 0.15) is 4.83 Å². The van der Waals surface area contributed by atoms with Crippen molar-refractivity contribution >= 4 is 21.9 Å². The van der Waals surface area contributed by atoms with Crippen molar-refractivity contribution in [2.24, 2.45) is 5.92 Å². The van der Waals surface area contributed by atoms with Gasteiger partial charge in [-0.3, -0.25) is 4.79 Å². The van der Waals surface area contributed by atoms with Gasteiger partial charge in [0.2, 0.25) is 0 Å². The molecular weight excluding hydrogens is 196 g/mol. The standard InChI is InChI=1S/C7H13BrO2/c1-3-4-5(2)6(8)7(9)10/h5-6H,3-4H2,1-2H3,(H,9,10).